The summed E-state index contributed by atoms with van der Waals surface area (Å²) in [6.45, 7) is 4.61. The summed E-state index contributed by atoms with van der Waals surface area (Å²) < 4.78 is 63.8. The molecule has 5 aromatic carbocycles. The van der Waals surface area contributed by atoms with E-state index in [1.807, 2.05) is 44.2 Å². The number of hydrogen-bond donors (Lipinski definition) is 0. The van der Waals surface area contributed by atoms with Gasteiger partial charge in [0.05, 0.1) is 28.9 Å². The van der Waals surface area contributed by atoms with Crippen LogP contribution in [0.15, 0.2) is 152 Å². The first-order valence-corrected chi connectivity index (χ1v) is 23.1. The zero-order valence-electron chi connectivity index (χ0n) is 37.3. The number of rotatable bonds is 15. The van der Waals surface area contributed by atoms with Crippen LogP contribution in [0.5, 0.6) is 0 Å². The largest absolute Gasteiger partial charge is 0.459 e. The fraction of sp³-hybridized carbons (Fsp3) is 0.327. The highest BCUT2D eigenvalue weighted by Gasteiger charge is 2.58. The van der Waals surface area contributed by atoms with Gasteiger partial charge in [-0.3, -0.25) is 4.79 Å². The lowest BCUT2D eigenvalue weighted by Gasteiger charge is -2.51. The van der Waals surface area contributed by atoms with Crippen molar-refractivity contribution in [3.8, 4) is 0 Å². The second kappa shape index (κ2) is 22.6. The lowest BCUT2D eigenvalue weighted by atomic mass is 9.95. The number of thioether (sulfide) groups is 1. The molecular weight excluding hydrogens is 897 g/mol. The maximum atomic E-state index is 14.3. The van der Waals surface area contributed by atoms with Crippen molar-refractivity contribution in [1.29, 1.82) is 0 Å². The van der Waals surface area contributed by atoms with Gasteiger partial charge in [-0.15, -0.1) is 11.8 Å². The lowest BCUT2D eigenvalue weighted by molar-refractivity contribution is -0.365. The van der Waals surface area contributed by atoms with E-state index in [-0.39, 0.29) is 34.1 Å². The van der Waals surface area contributed by atoms with Gasteiger partial charge in [0.1, 0.15) is 36.5 Å². The SMILES string of the molecule is CC(=O)O[C@@H]1[C@@H](O[C@@H]2O[C@H](COC(=O)c3ccccc3)[C@@H](OC(=O)c3ccccc3)[C@H](OC(=O)c3ccccc3)[C@H]2OC(=O)c2ccccc2)[C@H]2O[C@H](c3ccccc3)OC[C@H]2O[C@H]1SC(C)C. The summed E-state index contributed by atoms with van der Waals surface area (Å²) in [6, 6.07) is 41.5. The number of carbonyl (C=O) groups is 5. The average Bonchev–Trinajstić information content (AvgIpc) is 3.36. The fourth-order valence-electron chi connectivity index (χ4n) is 7.97. The maximum absolute atomic E-state index is 14.3. The topological polar surface area (TPSA) is 178 Å². The van der Waals surface area contributed by atoms with Crippen molar-refractivity contribution < 1.29 is 71.3 Å². The van der Waals surface area contributed by atoms with Crippen molar-refractivity contribution in [2.75, 3.05) is 13.2 Å². The molecule has 0 aromatic heterocycles. The highest BCUT2D eigenvalue weighted by Crippen LogP contribution is 2.42. The molecule has 3 aliphatic rings. The number of carbonyl (C=O) groups excluding carboxylic acids is 5. The summed E-state index contributed by atoms with van der Waals surface area (Å²) >= 11 is 1.37. The second-order valence-corrected chi connectivity index (χ2v) is 18.0. The fourth-order valence-corrected chi connectivity index (χ4v) is 9.08. The van der Waals surface area contributed by atoms with E-state index in [0.29, 0.717) is 5.56 Å². The minimum Gasteiger partial charge on any atom is -0.459 e. The Morgan fingerprint density at radius 2 is 1.01 bits per heavy atom. The zero-order chi connectivity index (χ0) is 47.6. The molecule has 8 rings (SSSR count). The third-order valence-electron chi connectivity index (χ3n) is 11.1. The highest BCUT2D eigenvalue weighted by molar-refractivity contribution is 8.00. The number of hydrogen-bond acceptors (Lipinski definition) is 16. The third-order valence-corrected chi connectivity index (χ3v) is 12.3. The molecule has 0 N–H and O–H groups in total. The minimum absolute atomic E-state index is 0.0335. The van der Waals surface area contributed by atoms with E-state index in [1.54, 1.807) is 84.9 Å². The monoisotopic (exact) mass is 946 g/mol. The summed E-state index contributed by atoms with van der Waals surface area (Å²) in [4.78, 5) is 69.2. The lowest BCUT2D eigenvalue weighted by Crippen LogP contribution is -2.67. The average molecular weight is 947 g/mol. The molecule has 15 nitrogen and oxygen atoms in total. The summed E-state index contributed by atoms with van der Waals surface area (Å²) in [6.07, 6.45) is -13.4. The maximum Gasteiger partial charge on any atom is 0.338 e. The van der Waals surface area contributed by atoms with Gasteiger partial charge in [0.15, 0.2) is 37.0 Å². The first-order valence-electron chi connectivity index (χ1n) is 22.1. The number of esters is 5. The Balaban J connectivity index is 1.25. The van der Waals surface area contributed by atoms with Gasteiger partial charge < -0.3 is 47.4 Å². The summed E-state index contributed by atoms with van der Waals surface area (Å²) in [5.41, 5.74) is 0.426. The van der Waals surface area contributed by atoms with Crippen LogP contribution in [0.1, 0.15) is 74.1 Å². The van der Waals surface area contributed by atoms with E-state index in [2.05, 4.69) is 0 Å². The molecule has 0 aliphatic carbocycles. The molecule has 0 unspecified atom stereocenters. The van der Waals surface area contributed by atoms with Crippen LogP contribution < -0.4 is 0 Å². The van der Waals surface area contributed by atoms with Crippen molar-refractivity contribution in [2.45, 2.75) is 92.9 Å². The molecule has 0 radical (unpaired) electrons. The van der Waals surface area contributed by atoms with Gasteiger partial charge in [-0.05, 0) is 48.5 Å². The van der Waals surface area contributed by atoms with E-state index in [4.69, 9.17) is 47.4 Å². The van der Waals surface area contributed by atoms with E-state index >= 15 is 0 Å². The van der Waals surface area contributed by atoms with Crippen molar-refractivity contribution in [1.82, 2.24) is 0 Å². The van der Waals surface area contributed by atoms with Crippen LogP contribution in [0, 0.1) is 0 Å². The van der Waals surface area contributed by atoms with Crippen molar-refractivity contribution in [3.63, 3.8) is 0 Å². The van der Waals surface area contributed by atoms with Crippen LogP contribution in [0.25, 0.3) is 0 Å². The van der Waals surface area contributed by atoms with Crippen molar-refractivity contribution in [2.24, 2.45) is 0 Å². The van der Waals surface area contributed by atoms with Gasteiger partial charge in [0, 0.05) is 17.7 Å². The highest BCUT2D eigenvalue weighted by atomic mass is 32.2. The Morgan fingerprint density at radius 3 is 1.51 bits per heavy atom. The predicted octanol–water partition coefficient (Wildman–Crippen LogP) is 7.54. The number of benzene rings is 5. The Morgan fingerprint density at radius 1 is 0.544 bits per heavy atom. The Hall–Kier alpha value is -6.40. The second-order valence-electron chi connectivity index (χ2n) is 16.3. The summed E-state index contributed by atoms with van der Waals surface area (Å²) in [5.74, 6) is -4.01. The first-order chi connectivity index (χ1) is 33.0. The predicted molar refractivity (Wildman–Crippen MR) is 244 cm³/mol. The Labute approximate surface area is 397 Å². The van der Waals surface area contributed by atoms with E-state index in [1.165, 1.54) is 55.1 Å². The summed E-state index contributed by atoms with van der Waals surface area (Å²) in [7, 11) is 0. The van der Waals surface area contributed by atoms with Crippen molar-refractivity contribution in [3.05, 3.63) is 179 Å². The smallest absolute Gasteiger partial charge is 0.338 e. The Bertz CT molecular complexity index is 2460. The van der Waals surface area contributed by atoms with Crippen molar-refractivity contribution >= 4 is 41.6 Å². The van der Waals surface area contributed by atoms with Crippen LogP contribution in [-0.4, -0.2) is 109 Å². The van der Waals surface area contributed by atoms with Crippen LogP contribution >= 0.6 is 11.8 Å². The quantitative estimate of drug-likeness (QED) is 0.0742. The van der Waals surface area contributed by atoms with E-state index in [0.717, 1.165) is 0 Å². The van der Waals surface area contributed by atoms with Crippen LogP contribution in [0.3, 0.4) is 0 Å². The van der Waals surface area contributed by atoms with Gasteiger partial charge >= 0.3 is 29.8 Å². The molecule has 3 aliphatic heterocycles. The number of fused-ring (bicyclic) bond motifs is 1. The Kier molecular flexibility index (Phi) is 16.0. The van der Waals surface area contributed by atoms with Crippen LogP contribution in [0.4, 0.5) is 0 Å². The van der Waals surface area contributed by atoms with Gasteiger partial charge in [0.25, 0.3) is 0 Å². The van der Waals surface area contributed by atoms with E-state index in [9.17, 15) is 24.0 Å². The minimum atomic E-state index is -1.74. The third kappa shape index (κ3) is 11.8. The van der Waals surface area contributed by atoms with Crippen LogP contribution in [0.2, 0.25) is 0 Å². The molecule has 11 atom stereocenters. The molecule has 3 saturated heterocycles. The molecule has 0 bridgehead atoms. The summed E-state index contributed by atoms with van der Waals surface area (Å²) in [5, 5.41) is -0.0335. The van der Waals surface area contributed by atoms with Gasteiger partial charge in [-0.25, -0.2) is 19.2 Å². The molecule has 3 heterocycles. The van der Waals surface area contributed by atoms with Crippen LogP contribution in [-0.2, 0) is 52.2 Å². The normalized spacial score (nSPS) is 26.6. The molecule has 5 aromatic rings. The molecule has 354 valence electrons. The first kappa shape index (κ1) is 48.1. The standard InChI is InChI=1S/C52H50O15S/c1-31(2)68-52-45(60-32(3)53)43(41-39(62-52)30-59-50(66-41)37-27-17-8-18-28-37)67-51-44(65-49(57)36-25-15-7-16-26-36)42(64-48(56)35-23-13-6-14-24-35)40(63-47(55)34-21-11-5-12-22-34)38(61-51)29-58-46(54)33-19-9-4-10-20-33/h4-28,31,38-45,50-52H,29-30H2,1-3H3/t38-,39-,40-,41+,42+,43+,44-,45-,50-,51+,52+/m1/s1. The zero-order valence-corrected chi connectivity index (χ0v) is 38.1. The molecule has 0 saturated carbocycles. The number of ether oxygens (including phenoxy) is 10. The van der Waals surface area contributed by atoms with Gasteiger partial charge in [-0.1, -0.05) is 117 Å². The molecule has 0 amide bonds. The molecular formula is C52H50O15S. The molecule has 68 heavy (non-hydrogen) atoms. The van der Waals surface area contributed by atoms with E-state index < -0.39 is 103 Å². The molecule has 0 spiro atoms. The van der Waals surface area contributed by atoms with Gasteiger partial charge in [0.2, 0.25) is 0 Å². The molecule has 16 heteroatoms. The van der Waals surface area contributed by atoms with Gasteiger partial charge in [-0.2, -0.15) is 0 Å². The molecule has 3 fully saturated rings.